The van der Waals surface area contributed by atoms with Gasteiger partial charge in [0.25, 0.3) is 0 Å². The number of aliphatic carboxylic acids is 1. The summed E-state index contributed by atoms with van der Waals surface area (Å²) in [4.78, 5) is 10.6. The Balaban J connectivity index is 4.36. The first-order chi connectivity index (χ1) is 7.07. The van der Waals surface area contributed by atoms with Crippen molar-refractivity contribution in [2.45, 2.75) is 19.4 Å². The Kier molecular flexibility index (Phi) is 4.88. The van der Waals surface area contributed by atoms with Crippen molar-refractivity contribution >= 4 is 21.6 Å². The maximum absolute atomic E-state index is 11.5. The fourth-order valence-corrected chi connectivity index (χ4v) is 2.58. The standard InChI is InChI=1S/C8H17N3O4S/c1-6(9)11-3-4-16(14,15)5-8(2,10)7(12)13/h3-5,10H2,1-2H3,(H2,9,11)(H,12,13)/t8-/m0/s1. The molecule has 94 valence electrons. The molecule has 0 aromatic rings. The van der Waals surface area contributed by atoms with Gasteiger partial charge >= 0.3 is 5.97 Å². The van der Waals surface area contributed by atoms with E-state index in [9.17, 15) is 13.2 Å². The van der Waals surface area contributed by atoms with Crippen LogP contribution < -0.4 is 11.1 Å². The lowest BCUT2D eigenvalue weighted by Crippen LogP contribution is -2.51. The molecule has 16 heavy (non-hydrogen) atoms. The van der Waals surface area contributed by atoms with Gasteiger partial charge in [-0.2, -0.15) is 0 Å². The second kappa shape index (κ2) is 5.26. The van der Waals surface area contributed by atoms with E-state index < -0.39 is 27.1 Å². The van der Waals surface area contributed by atoms with Crippen molar-refractivity contribution in [2.24, 2.45) is 5.73 Å². The summed E-state index contributed by atoms with van der Waals surface area (Å²) in [5.74, 6) is -2.06. The zero-order chi connectivity index (χ0) is 13.0. The molecule has 8 heteroatoms. The molecule has 0 aliphatic rings. The molecule has 0 aliphatic carbocycles. The third kappa shape index (κ3) is 5.66. The van der Waals surface area contributed by atoms with Gasteiger partial charge in [0, 0.05) is 6.54 Å². The number of carboxylic acids is 1. The molecule has 0 rings (SSSR count). The van der Waals surface area contributed by atoms with Gasteiger partial charge in [0.1, 0.15) is 5.54 Å². The van der Waals surface area contributed by atoms with E-state index in [1.54, 1.807) is 0 Å². The number of nitrogens with two attached hydrogens (primary N) is 1. The normalized spacial score (nSPS) is 15.2. The Morgan fingerprint density at radius 3 is 2.44 bits per heavy atom. The van der Waals surface area contributed by atoms with Crippen molar-refractivity contribution in [3.8, 4) is 0 Å². The Bertz CT molecular complexity index is 375. The largest absolute Gasteiger partial charge is 0.480 e. The van der Waals surface area contributed by atoms with Crippen LogP contribution in [0.3, 0.4) is 0 Å². The zero-order valence-electron chi connectivity index (χ0n) is 9.28. The summed E-state index contributed by atoms with van der Waals surface area (Å²) in [7, 11) is -3.54. The van der Waals surface area contributed by atoms with Crippen LogP contribution in [0.1, 0.15) is 13.8 Å². The lowest BCUT2D eigenvalue weighted by atomic mass is 10.1. The van der Waals surface area contributed by atoms with E-state index in [-0.39, 0.29) is 18.1 Å². The van der Waals surface area contributed by atoms with Crippen LogP contribution in [-0.4, -0.2) is 48.9 Å². The number of hydrogen-bond donors (Lipinski definition) is 4. The number of carboxylic acid groups (broad SMARTS) is 1. The first-order valence-corrected chi connectivity index (χ1v) is 6.41. The number of hydrogen-bond acceptors (Lipinski definition) is 5. The first-order valence-electron chi connectivity index (χ1n) is 4.58. The van der Waals surface area contributed by atoms with Crippen LogP contribution in [0.25, 0.3) is 0 Å². The van der Waals surface area contributed by atoms with Crippen LogP contribution >= 0.6 is 0 Å². The summed E-state index contributed by atoms with van der Waals surface area (Å²) in [6.45, 7) is 2.71. The molecule has 5 N–H and O–H groups in total. The van der Waals surface area contributed by atoms with Gasteiger partial charge in [0.05, 0.1) is 17.3 Å². The van der Waals surface area contributed by atoms with Gasteiger partial charge in [-0.3, -0.25) is 10.2 Å². The molecule has 0 spiro atoms. The second-order valence-electron chi connectivity index (χ2n) is 3.87. The summed E-state index contributed by atoms with van der Waals surface area (Å²) < 4.78 is 23.0. The first kappa shape index (κ1) is 14.8. The van der Waals surface area contributed by atoms with Crippen molar-refractivity contribution in [1.82, 2.24) is 5.32 Å². The van der Waals surface area contributed by atoms with E-state index in [1.807, 2.05) is 0 Å². The minimum atomic E-state index is -3.54. The van der Waals surface area contributed by atoms with E-state index in [1.165, 1.54) is 6.92 Å². The molecular weight excluding hydrogens is 234 g/mol. The van der Waals surface area contributed by atoms with Crippen molar-refractivity contribution in [3.05, 3.63) is 0 Å². The van der Waals surface area contributed by atoms with Crippen LogP contribution in [0.15, 0.2) is 0 Å². The Morgan fingerprint density at radius 1 is 1.56 bits per heavy atom. The van der Waals surface area contributed by atoms with Gasteiger partial charge in [-0.1, -0.05) is 0 Å². The SMILES string of the molecule is CC(=N)NCCS(=O)(=O)C[C@](C)(N)C(=O)O. The second-order valence-corrected chi connectivity index (χ2v) is 6.05. The van der Waals surface area contributed by atoms with Gasteiger partial charge in [0.2, 0.25) is 0 Å². The van der Waals surface area contributed by atoms with Crippen LogP contribution in [0.5, 0.6) is 0 Å². The zero-order valence-corrected chi connectivity index (χ0v) is 10.1. The monoisotopic (exact) mass is 251 g/mol. The predicted molar refractivity (Wildman–Crippen MR) is 60.3 cm³/mol. The van der Waals surface area contributed by atoms with Crippen molar-refractivity contribution in [3.63, 3.8) is 0 Å². The molecule has 0 fully saturated rings. The maximum atomic E-state index is 11.5. The van der Waals surface area contributed by atoms with Crippen molar-refractivity contribution < 1.29 is 18.3 Å². The van der Waals surface area contributed by atoms with Crippen LogP contribution in [0.4, 0.5) is 0 Å². The lowest BCUT2D eigenvalue weighted by Gasteiger charge is -2.18. The fraction of sp³-hybridized carbons (Fsp3) is 0.750. The van der Waals surface area contributed by atoms with E-state index in [0.29, 0.717) is 0 Å². The average molecular weight is 251 g/mol. The topological polar surface area (TPSA) is 133 Å². The van der Waals surface area contributed by atoms with Crippen molar-refractivity contribution in [2.75, 3.05) is 18.1 Å². The van der Waals surface area contributed by atoms with Gasteiger partial charge in [-0.25, -0.2) is 8.42 Å². The lowest BCUT2D eigenvalue weighted by molar-refractivity contribution is -0.141. The summed E-state index contributed by atoms with van der Waals surface area (Å²) in [5, 5.41) is 18.2. The molecule has 0 unspecified atom stereocenters. The fourth-order valence-electron chi connectivity index (χ4n) is 0.985. The number of carbonyl (C=O) groups is 1. The van der Waals surface area contributed by atoms with Gasteiger partial charge < -0.3 is 16.2 Å². The molecule has 0 saturated heterocycles. The quantitative estimate of drug-likeness (QED) is 0.346. The molecule has 0 aliphatic heterocycles. The van der Waals surface area contributed by atoms with Crippen LogP contribution in [0, 0.1) is 5.41 Å². The van der Waals surface area contributed by atoms with Gasteiger partial charge in [-0.05, 0) is 13.8 Å². The highest BCUT2D eigenvalue weighted by atomic mass is 32.2. The Labute approximate surface area is 94.5 Å². The molecule has 0 amide bonds. The van der Waals surface area contributed by atoms with E-state index in [2.05, 4.69) is 5.32 Å². The van der Waals surface area contributed by atoms with E-state index >= 15 is 0 Å². The maximum Gasteiger partial charge on any atom is 0.324 e. The number of sulfone groups is 1. The Morgan fingerprint density at radius 2 is 2.06 bits per heavy atom. The molecule has 0 aromatic carbocycles. The molecule has 7 nitrogen and oxygen atoms in total. The molecule has 0 bridgehead atoms. The van der Waals surface area contributed by atoms with E-state index in [4.69, 9.17) is 16.2 Å². The summed E-state index contributed by atoms with van der Waals surface area (Å²) in [6.07, 6.45) is 0. The van der Waals surface area contributed by atoms with Gasteiger partial charge in [0.15, 0.2) is 9.84 Å². The molecule has 0 heterocycles. The molecule has 1 atom stereocenters. The van der Waals surface area contributed by atoms with E-state index in [0.717, 1.165) is 6.92 Å². The summed E-state index contributed by atoms with van der Waals surface area (Å²) in [5.41, 5.74) is 3.56. The number of nitrogens with one attached hydrogen (secondary N) is 2. The Hall–Kier alpha value is -1.15. The van der Waals surface area contributed by atoms with Crippen LogP contribution in [0.2, 0.25) is 0 Å². The average Bonchev–Trinajstić information content (AvgIpc) is 1.99. The molecule has 0 saturated carbocycles. The number of rotatable bonds is 6. The molecule has 0 aromatic heterocycles. The summed E-state index contributed by atoms with van der Waals surface area (Å²) in [6, 6.07) is 0. The third-order valence-electron chi connectivity index (χ3n) is 1.81. The smallest absolute Gasteiger partial charge is 0.324 e. The highest BCUT2D eigenvalue weighted by Gasteiger charge is 2.33. The van der Waals surface area contributed by atoms with Crippen molar-refractivity contribution in [1.29, 1.82) is 5.41 Å². The molecule has 0 radical (unpaired) electrons. The highest BCUT2D eigenvalue weighted by Crippen LogP contribution is 2.05. The number of amidine groups is 1. The van der Waals surface area contributed by atoms with Crippen LogP contribution in [-0.2, 0) is 14.6 Å². The third-order valence-corrected chi connectivity index (χ3v) is 3.68. The minimum absolute atomic E-state index is 0.0768. The minimum Gasteiger partial charge on any atom is -0.480 e. The van der Waals surface area contributed by atoms with Gasteiger partial charge in [-0.15, -0.1) is 0 Å². The summed E-state index contributed by atoms with van der Waals surface area (Å²) >= 11 is 0. The highest BCUT2D eigenvalue weighted by molar-refractivity contribution is 7.91. The predicted octanol–water partition coefficient (Wildman–Crippen LogP) is -1.21. The molecular formula is C8H17N3O4S.